The Hall–Kier alpha value is -2.83. The fourth-order valence-corrected chi connectivity index (χ4v) is 2.39. The van der Waals surface area contributed by atoms with Crippen molar-refractivity contribution in [2.24, 2.45) is 5.16 Å². The van der Waals surface area contributed by atoms with Crippen LogP contribution in [0, 0.1) is 0 Å². The topological polar surface area (TPSA) is 58.9 Å². The third kappa shape index (κ3) is 4.37. The van der Waals surface area contributed by atoms with Crippen LogP contribution < -0.4 is 0 Å². The molecule has 132 valence electrons. The van der Waals surface area contributed by atoms with Crippen LogP contribution in [0.25, 0.3) is 11.1 Å². The number of methoxy groups -OCH3 is 1. The number of rotatable bonds is 4. The van der Waals surface area contributed by atoms with Gasteiger partial charge in [0.15, 0.2) is 0 Å². The molecule has 1 N–H and O–H groups in total. The molecule has 0 radical (unpaired) electrons. The van der Waals surface area contributed by atoms with Gasteiger partial charge >= 0.3 is 12.1 Å². The Kier molecular flexibility index (Phi) is 5.46. The lowest BCUT2D eigenvalue weighted by Crippen LogP contribution is -2.06. The molecule has 0 amide bonds. The molecule has 4 nitrogen and oxygen atoms in total. The van der Waals surface area contributed by atoms with Gasteiger partial charge in [0, 0.05) is 5.56 Å². The van der Waals surface area contributed by atoms with E-state index in [2.05, 4.69) is 9.89 Å². The molecule has 0 fully saturated rings. The lowest BCUT2D eigenvalue weighted by atomic mass is 9.93. The van der Waals surface area contributed by atoms with Gasteiger partial charge in [-0.2, -0.15) is 13.2 Å². The van der Waals surface area contributed by atoms with Gasteiger partial charge in [0.25, 0.3) is 0 Å². The molecule has 0 aliphatic rings. The first-order chi connectivity index (χ1) is 11.8. The van der Waals surface area contributed by atoms with Crippen LogP contribution in [-0.4, -0.2) is 24.0 Å². The maximum Gasteiger partial charge on any atom is 0.416 e. The van der Waals surface area contributed by atoms with Gasteiger partial charge in [0.1, 0.15) is 0 Å². The maximum absolute atomic E-state index is 12.7. The van der Waals surface area contributed by atoms with Crippen molar-refractivity contribution in [1.29, 1.82) is 0 Å². The van der Waals surface area contributed by atoms with Crippen molar-refractivity contribution in [2.75, 3.05) is 7.11 Å². The zero-order chi connectivity index (χ0) is 18.6. The smallest absolute Gasteiger partial charge is 0.416 e. The van der Waals surface area contributed by atoms with Gasteiger partial charge in [-0.25, -0.2) is 0 Å². The lowest BCUT2D eigenvalue weighted by Gasteiger charge is -2.13. The molecular weight excluding hydrogens is 335 g/mol. The molecular formula is C18H16F3NO3. The molecule has 2 aromatic carbocycles. The summed E-state index contributed by atoms with van der Waals surface area (Å²) in [7, 11) is 1.27. The zero-order valence-electron chi connectivity index (χ0n) is 13.6. The van der Waals surface area contributed by atoms with Crippen molar-refractivity contribution in [2.45, 2.75) is 19.5 Å². The number of ether oxygens (including phenoxy) is 1. The van der Waals surface area contributed by atoms with Crippen molar-refractivity contribution < 1.29 is 27.9 Å². The summed E-state index contributed by atoms with van der Waals surface area (Å²) in [6, 6.07) is 9.65. The number of nitrogens with zero attached hydrogens (tertiary/aromatic N) is 1. The summed E-state index contributed by atoms with van der Waals surface area (Å²) < 4.78 is 42.8. The first kappa shape index (κ1) is 18.5. The van der Waals surface area contributed by atoms with Gasteiger partial charge in [0.05, 0.1) is 24.8 Å². The number of carbonyl (C=O) groups excluding carboxylic acids is 1. The Balaban J connectivity index is 2.52. The first-order valence-electron chi connectivity index (χ1n) is 7.32. The Bertz CT molecular complexity index is 796. The minimum absolute atomic E-state index is 0.0275. The quantitative estimate of drug-likeness (QED) is 0.387. The van der Waals surface area contributed by atoms with Crippen LogP contribution in [0.5, 0.6) is 0 Å². The van der Waals surface area contributed by atoms with E-state index >= 15 is 0 Å². The van der Waals surface area contributed by atoms with Gasteiger partial charge < -0.3 is 9.94 Å². The van der Waals surface area contributed by atoms with Crippen LogP contribution in [0.3, 0.4) is 0 Å². The van der Waals surface area contributed by atoms with Gasteiger partial charge in [0.2, 0.25) is 0 Å². The Morgan fingerprint density at radius 1 is 1.16 bits per heavy atom. The van der Waals surface area contributed by atoms with Crippen molar-refractivity contribution in [1.82, 2.24) is 0 Å². The van der Waals surface area contributed by atoms with E-state index in [9.17, 15) is 18.0 Å². The first-order valence-corrected chi connectivity index (χ1v) is 7.32. The second kappa shape index (κ2) is 7.38. The Morgan fingerprint density at radius 3 is 2.32 bits per heavy atom. The monoisotopic (exact) mass is 351 g/mol. The van der Waals surface area contributed by atoms with Crippen LogP contribution in [0.1, 0.15) is 23.6 Å². The molecule has 7 heteroatoms. The van der Waals surface area contributed by atoms with Gasteiger partial charge in [-0.1, -0.05) is 29.4 Å². The highest BCUT2D eigenvalue weighted by atomic mass is 19.4. The highest BCUT2D eigenvalue weighted by molar-refractivity contribution is 6.04. The fourth-order valence-electron chi connectivity index (χ4n) is 2.39. The van der Waals surface area contributed by atoms with E-state index in [1.165, 1.54) is 19.2 Å². The summed E-state index contributed by atoms with van der Waals surface area (Å²) in [5.41, 5.74) is 1.81. The molecule has 2 rings (SSSR count). The molecule has 0 unspecified atom stereocenters. The molecule has 0 atom stereocenters. The van der Waals surface area contributed by atoms with E-state index in [1.807, 2.05) is 0 Å². The number of benzene rings is 2. The number of hydrogen-bond acceptors (Lipinski definition) is 4. The standard InChI is InChI=1S/C18H16F3NO3/c1-11(22-24)15-8-3-12(10-17(23)25-2)9-16(15)13-4-6-14(7-5-13)18(19,20)21/h3-9,24H,10H2,1-2H3/b22-11+. The summed E-state index contributed by atoms with van der Waals surface area (Å²) in [4.78, 5) is 11.4. The summed E-state index contributed by atoms with van der Waals surface area (Å²) in [6.45, 7) is 1.57. The van der Waals surface area contributed by atoms with Gasteiger partial charge in [-0.05, 0) is 41.8 Å². The molecule has 0 saturated heterocycles. The van der Waals surface area contributed by atoms with Crippen molar-refractivity contribution in [3.05, 3.63) is 59.2 Å². The van der Waals surface area contributed by atoms with Crippen LogP contribution in [0.2, 0.25) is 0 Å². The molecule has 0 bridgehead atoms. The number of esters is 1. The molecule has 0 aliphatic carbocycles. The molecule has 25 heavy (non-hydrogen) atoms. The minimum atomic E-state index is -4.42. The summed E-state index contributed by atoms with van der Waals surface area (Å²) in [5, 5.41) is 12.2. The predicted molar refractivity (Wildman–Crippen MR) is 86.6 cm³/mol. The fraction of sp³-hybridized carbons (Fsp3) is 0.222. The van der Waals surface area contributed by atoms with Crippen LogP contribution in [0.15, 0.2) is 47.6 Å². The summed E-state index contributed by atoms with van der Waals surface area (Å²) >= 11 is 0. The summed E-state index contributed by atoms with van der Waals surface area (Å²) in [5.74, 6) is -0.432. The lowest BCUT2D eigenvalue weighted by molar-refractivity contribution is -0.140. The third-order valence-electron chi connectivity index (χ3n) is 3.72. The number of alkyl halides is 3. The van der Waals surface area contributed by atoms with Crippen LogP contribution >= 0.6 is 0 Å². The Labute approximate surface area is 142 Å². The predicted octanol–water partition coefficient (Wildman–Crippen LogP) is 4.29. The molecule has 0 spiro atoms. The highest BCUT2D eigenvalue weighted by Gasteiger charge is 2.30. The van der Waals surface area contributed by atoms with E-state index in [0.29, 0.717) is 28.0 Å². The molecule has 0 heterocycles. The Morgan fingerprint density at radius 2 is 1.80 bits per heavy atom. The van der Waals surface area contributed by atoms with Crippen LogP contribution in [0.4, 0.5) is 13.2 Å². The van der Waals surface area contributed by atoms with Crippen molar-refractivity contribution >= 4 is 11.7 Å². The minimum Gasteiger partial charge on any atom is -0.469 e. The second-order valence-corrected chi connectivity index (χ2v) is 5.39. The molecule has 0 aliphatic heterocycles. The zero-order valence-corrected chi connectivity index (χ0v) is 13.6. The van der Waals surface area contributed by atoms with Crippen LogP contribution in [-0.2, 0) is 22.1 Å². The second-order valence-electron chi connectivity index (χ2n) is 5.39. The van der Waals surface area contributed by atoms with Gasteiger partial charge in [-0.3, -0.25) is 4.79 Å². The van der Waals surface area contributed by atoms with E-state index in [-0.39, 0.29) is 6.42 Å². The van der Waals surface area contributed by atoms with E-state index in [4.69, 9.17) is 5.21 Å². The van der Waals surface area contributed by atoms with E-state index < -0.39 is 17.7 Å². The molecule has 0 saturated carbocycles. The third-order valence-corrected chi connectivity index (χ3v) is 3.72. The number of carbonyl (C=O) groups is 1. The van der Waals surface area contributed by atoms with Gasteiger partial charge in [-0.15, -0.1) is 0 Å². The average Bonchev–Trinajstić information content (AvgIpc) is 2.60. The van der Waals surface area contributed by atoms with Crippen molar-refractivity contribution in [3.63, 3.8) is 0 Å². The SMILES string of the molecule is COC(=O)Cc1ccc(/C(C)=N/O)c(-c2ccc(C(F)(F)F)cc2)c1. The van der Waals surface area contributed by atoms with E-state index in [0.717, 1.165) is 12.1 Å². The highest BCUT2D eigenvalue weighted by Crippen LogP contribution is 2.32. The number of hydrogen-bond donors (Lipinski definition) is 1. The average molecular weight is 351 g/mol. The molecule has 2 aromatic rings. The maximum atomic E-state index is 12.7. The molecule has 0 aromatic heterocycles. The van der Waals surface area contributed by atoms with E-state index in [1.54, 1.807) is 25.1 Å². The van der Waals surface area contributed by atoms with Crippen molar-refractivity contribution in [3.8, 4) is 11.1 Å². The largest absolute Gasteiger partial charge is 0.469 e. The summed E-state index contributed by atoms with van der Waals surface area (Å²) in [6.07, 6.45) is -4.39. The normalized spacial score (nSPS) is 12.1. The number of oxime groups is 1. The number of halogens is 3.